The molecule has 0 aliphatic rings. The molecule has 0 saturated carbocycles. The molecule has 23 heavy (non-hydrogen) atoms. The minimum Gasteiger partial charge on any atom is -0.281 e. The fraction of sp³-hybridized carbons (Fsp3) is 0.167. The number of fused-ring (bicyclic) bond motifs is 1. The number of aromatic nitrogens is 1. The van der Waals surface area contributed by atoms with Crippen LogP contribution in [0.1, 0.15) is 16.8 Å². The van der Waals surface area contributed by atoms with Crippen LogP contribution in [0.3, 0.4) is 0 Å². The Labute approximate surface area is 136 Å². The Morgan fingerprint density at radius 3 is 2.52 bits per heavy atom. The van der Waals surface area contributed by atoms with Crippen LogP contribution in [0, 0.1) is 13.8 Å². The van der Waals surface area contributed by atoms with Crippen molar-refractivity contribution in [1.82, 2.24) is 4.98 Å². The number of hydrogen-bond donors (Lipinski definition) is 1. The van der Waals surface area contributed by atoms with Gasteiger partial charge in [0.2, 0.25) is 10.0 Å². The number of benzene rings is 2. The minimum atomic E-state index is -3.50. The van der Waals surface area contributed by atoms with Crippen LogP contribution in [0.4, 0.5) is 5.69 Å². The first-order valence-corrected chi connectivity index (χ1v) is 9.01. The zero-order chi connectivity index (χ0) is 16.4. The van der Waals surface area contributed by atoms with E-state index in [9.17, 15) is 8.42 Å². The Hall–Kier alpha value is -2.40. The zero-order valence-electron chi connectivity index (χ0n) is 13.1. The van der Waals surface area contributed by atoms with Crippen molar-refractivity contribution in [3.8, 4) is 0 Å². The lowest BCUT2D eigenvalue weighted by Gasteiger charge is -2.11. The number of anilines is 1. The Balaban J connectivity index is 1.95. The summed E-state index contributed by atoms with van der Waals surface area (Å²) in [6.07, 6.45) is 0. The Morgan fingerprint density at radius 1 is 0.957 bits per heavy atom. The van der Waals surface area contributed by atoms with Crippen molar-refractivity contribution in [2.24, 2.45) is 0 Å². The number of nitrogens with one attached hydrogen (secondary N) is 1. The number of para-hydroxylation sites is 1. The van der Waals surface area contributed by atoms with E-state index in [1.165, 1.54) is 0 Å². The molecule has 3 aromatic rings. The number of sulfonamides is 1. The van der Waals surface area contributed by atoms with Crippen LogP contribution < -0.4 is 4.72 Å². The summed E-state index contributed by atoms with van der Waals surface area (Å²) in [6.45, 7) is 3.80. The molecule has 1 N–H and O–H groups in total. The summed E-state index contributed by atoms with van der Waals surface area (Å²) in [4.78, 5) is 4.46. The predicted octanol–water partition coefficient (Wildman–Crippen LogP) is 3.79. The van der Waals surface area contributed by atoms with Crippen LogP contribution in [0.25, 0.3) is 10.9 Å². The normalized spacial score (nSPS) is 11.6. The average Bonchev–Trinajstić information content (AvgIpc) is 2.50. The molecule has 0 saturated heterocycles. The lowest BCUT2D eigenvalue weighted by Crippen LogP contribution is -2.16. The molecule has 3 rings (SSSR count). The van der Waals surface area contributed by atoms with E-state index in [4.69, 9.17) is 0 Å². The number of hydrogen-bond acceptors (Lipinski definition) is 3. The second-order valence-corrected chi connectivity index (χ2v) is 7.34. The van der Waals surface area contributed by atoms with Crippen LogP contribution in [-0.2, 0) is 15.8 Å². The summed E-state index contributed by atoms with van der Waals surface area (Å²) in [5.74, 6) is -0.0537. The first kappa shape index (κ1) is 15.5. The molecular weight excluding hydrogens is 308 g/mol. The van der Waals surface area contributed by atoms with Gasteiger partial charge in [-0.1, -0.05) is 42.5 Å². The predicted molar refractivity (Wildman–Crippen MR) is 93.9 cm³/mol. The van der Waals surface area contributed by atoms with Gasteiger partial charge in [-0.15, -0.1) is 0 Å². The molecular formula is C18H18N2O2S. The third kappa shape index (κ3) is 3.51. The van der Waals surface area contributed by atoms with Gasteiger partial charge in [0, 0.05) is 11.1 Å². The quantitative estimate of drug-likeness (QED) is 0.793. The van der Waals surface area contributed by atoms with Crippen LogP contribution in [0.15, 0.2) is 54.6 Å². The molecule has 0 bridgehead atoms. The van der Waals surface area contributed by atoms with Gasteiger partial charge >= 0.3 is 0 Å². The molecule has 0 unspecified atom stereocenters. The molecule has 1 aromatic heterocycles. The molecule has 0 amide bonds. The van der Waals surface area contributed by atoms with Gasteiger partial charge in [-0.3, -0.25) is 9.71 Å². The lowest BCUT2D eigenvalue weighted by molar-refractivity contribution is 0.600. The lowest BCUT2D eigenvalue weighted by atomic mass is 10.1. The number of pyridine rings is 1. The molecule has 0 spiro atoms. The van der Waals surface area contributed by atoms with E-state index < -0.39 is 10.0 Å². The maximum Gasteiger partial charge on any atom is 0.236 e. The highest BCUT2D eigenvalue weighted by Gasteiger charge is 2.15. The first-order chi connectivity index (χ1) is 10.9. The van der Waals surface area contributed by atoms with Gasteiger partial charge in [-0.2, -0.15) is 0 Å². The third-order valence-corrected chi connectivity index (χ3v) is 4.95. The molecule has 5 heteroatoms. The van der Waals surface area contributed by atoms with E-state index in [1.54, 1.807) is 6.07 Å². The van der Waals surface area contributed by atoms with E-state index in [0.29, 0.717) is 11.2 Å². The highest BCUT2D eigenvalue weighted by atomic mass is 32.2. The van der Waals surface area contributed by atoms with Crippen LogP contribution in [0.5, 0.6) is 0 Å². The third-order valence-electron chi connectivity index (χ3n) is 3.73. The van der Waals surface area contributed by atoms with Gasteiger partial charge in [0.05, 0.1) is 17.0 Å². The molecule has 1 heterocycles. The van der Waals surface area contributed by atoms with E-state index in [2.05, 4.69) is 9.71 Å². The fourth-order valence-electron chi connectivity index (χ4n) is 2.51. The molecule has 0 aliphatic carbocycles. The molecule has 0 fully saturated rings. The standard InChI is InChI=1S/C18H18N2O2S/c1-13-6-3-4-7-16(13)12-23(21,22)20-17-9-5-8-15-11-10-14(2)19-18(15)17/h3-11,20H,12H2,1-2H3. The molecule has 0 radical (unpaired) electrons. The summed E-state index contributed by atoms with van der Waals surface area (Å²) in [6, 6.07) is 16.8. The van der Waals surface area contributed by atoms with Crippen molar-refractivity contribution in [3.63, 3.8) is 0 Å². The van der Waals surface area contributed by atoms with Gasteiger partial charge in [0.15, 0.2) is 0 Å². The topological polar surface area (TPSA) is 59.1 Å². The van der Waals surface area contributed by atoms with Gasteiger partial charge in [0.1, 0.15) is 0 Å². The Kier molecular flexibility index (Phi) is 4.05. The van der Waals surface area contributed by atoms with Gasteiger partial charge in [0.25, 0.3) is 0 Å². The second kappa shape index (κ2) is 6.01. The van der Waals surface area contributed by atoms with Gasteiger partial charge < -0.3 is 0 Å². The number of aryl methyl sites for hydroxylation is 2. The van der Waals surface area contributed by atoms with Crippen molar-refractivity contribution in [1.29, 1.82) is 0 Å². The summed E-state index contributed by atoms with van der Waals surface area (Å²) < 4.78 is 27.7. The number of rotatable bonds is 4. The molecule has 118 valence electrons. The van der Waals surface area contributed by atoms with Crippen LogP contribution in [-0.4, -0.2) is 13.4 Å². The van der Waals surface area contributed by atoms with E-state index in [-0.39, 0.29) is 5.75 Å². The molecule has 4 nitrogen and oxygen atoms in total. The van der Waals surface area contributed by atoms with Crippen LogP contribution >= 0.6 is 0 Å². The monoisotopic (exact) mass is 326 g/mol. The van der Waals surface area contributed by atoms with E-state index in [1.807, 2.05) is 62.4 Å². The first-order valence-electron chi connectivity index (χ1n) is 7.36. The van der Waals surface area contributed by atoms with Crippen molar-refractivity contribution in [2.75, 3.05) is 4.72 Å². The summed E-state index contributed by atoms with van der Waals surface area (Å²) >= 11 is 0. The summed E-state index contributed by atoms with van der Waals surface area (Å²) in [7, 11) is -3.50. The minimum absolute atomic E-state index is 0.0537. The molecule has 0 aliphatic heterocycles. The maximum absolute atomic E-state index is 12.5. The van der Waals surface area contributed by atoms with Crippen LogP contribution in [0.2, 0.25) is 0 Å². The maximum atomic E-state index is 12.5. The van der Waals surface area contributed by atoms with E-state index >= 15 is 0 Å². The van der Waals surface area contributed by atoms with Crippen molar-refractivity contribution in [2.45, 2.75) is 19.6 Å². The van der Waals surface area contributed by atoms with Crippen molar-refractivity contribution >= 4 is 26.6 Å². The highest BCUT2D eigenvalue weighted by molar-refractivity contribution is 7.91. The molecule has 0 atom stereocenters. The molecule has 2 aromatic carbocycles. The Bertz CT molecular complexity index is 966. The smallest absolute Gasteiger partial charge is 0.236 e. The fourth-order valence-corrected chi connectivity index (χ4v) is 3.81. The second-order valence-electron chi connectivity index (χ2n) is 5.62. The average molecular weight is 326 g/mol. The highest BCUT2D eigenvalue weighted by Crippen LogP contribution is 2.23. The summed E-state index contributed by atoms with van der Waals surface area (Å²) in [5, 5.41) is 0.909. The Morgan fingerprint density at radius 2 is 1.74 bits per heavy atom. The SMILES string of the molecule is Cc1ccc2cccc(NS(=O)(=O)Cc3ccccc3C)c2n1. The largest absolute Gasteiger partial charge is 0.281 e. The van der Waals surface area contributed by atoms with Crippen molar-refractivity contribution in [3.05, 3.63) is 71.4 Å². The number of nitrogens with zero attached hydrogens (tertiary/aromatic N) is 1. The summed E-state index contributed by atoms with van der Waals surface area (Å²) in [5.41, 5.74) is 3.79. The van der Waals surface area contributed by atoms with Gasteiger partial charge in [-0.25, -0.2) is 8.42 Å². The van der Waals surface area contributed by atoms with Crippen molar-refractivity contribution < 1.29 is 8.42 Å². The van der Waals surface area contributed by atoms with E-state index in [0.717, 1.165) is 22.2 Å². The zero-order valence-corrected chi connectivity index (χ0v) is 13.9. The van der Waals surface area contributed by atoms with Gasteiger partial charge in [-0.05, 0) is 37.1 Å².